The lowest BCUT2D eigenvalue weighted by Gasteiger charge is -2.37. The average Bonchev–Trinajstić information content (AvgIpc) is 2.74. The molecule has 2 saturated heterocycles. The molecule has 0 atom stereocenters. The van der Waals surface area contributed by atoms with E-state index in [1.807, 2.05) is 12.3 Å². The van der Waals surface area contributed by atoms with Crippen LogP contribution >= 0.6 is 0 Å². The van der Waals surface area contributed by atoms with Crippen LogP contribution in [-0.4, -0.2) is 92.9 Å². The van der Waals surface area contributed by atoms with Crippen molar-refractivity contribution < 1.29 is 4.74 Å². The molecule has 1 aromatic rings. The molecule has 0 aliphatic carbocycles. The number of anilines is 1. The molecule has 1 N–H and O–H groups in total. The third-order valence-corrected chi connectivity index (χ3v) is 5.14. The van der Waals surface area contributed by atoms with Gasteiger partial charge >= 0.3 is 0 Å². The molecule has 27 heavy (non-hydrogen) atoms. The number of aliphatic imine (C=N–C) groups is 1. The molecule has 0 spiro atoms. The van der Waals surface area contributed by atoms with Crippen molar-refractivity contribution in [2.75, 3.05) is 77.0 Å². The molecule has 0 aromatic carbocycles. The third kappa shape index (κ3) is 6.36. The van der Waals surface area contributed by atoms with Crippen LogP contribution in [0.15, 0.2) is 29.4 Å². The summed E-state index contributed by atoms with van der Waals surface area (Å²) >= 11 is 0. The zero-order chi connectivity index (χ0) is 18.7. The Bertz CT molecular complexity index is 553. The number of hydrogen-bond donors (Lipinski definition) is 1. The Labute approximate surface area is 163 Å². The first kappa shape index (κ1) is 19.9. The molecule has 2 aliphatic heterocycles. The molecule has 150 valence electrons. The van der Waals surface area contributed by atoms with Crippen LogP contribution in [0.4, 0.5) is 5.82 Å². The Balaban J connectivity index is 1.40. The Kier molecular flexibility index (Phi) is 8.17. The van der Waals surface area contributed by atoms with Crippen molar-refractivity contribution in [1.82, 2.24) is 20.1 Å². The number of piperazine rings is 1. The molecule has 7 heteroatoms. The number of nitrogens with one attached hydrogen (secondary N) is 1. The first-order valence-corrected chi connectivity index (χ1v) is 10.4. The molecular formula is C20H34N6O. The van der Waals surface area contributed by atoms with E-state index in [1.165, 1.54) is 6.42 Å². The number of morpholine rings is 1. The Morgan fingerprint density at radius 3 is 2.63 bits per heavy atom. The summed E-state index contributed by atoms with van der Waals surface area (Å²) < 4.78 is 5.40. The van der Waals surface area contributed by atoms with Crippen molar-refractivity contribution in [3.05, 3.63) is 24.4 Å². The number of guanidine groups is 1. The fourth-order valence-electron chi connectivity index (χ4n) is 3.57. The van der Waals surface area contributed by atoms with E-state index < -0.39 is 0 Å². The van der Waals surface area contributed by atoms with Gasteiger partial charge in [-0.2, -0.15) is 0 Å². The summed E-state index contributed by atoms with van der Waals surface area (Å²) in [5.41, 5.74) is 0. The monoisotopic (exact) mass is 374 g/mol. The number of nitrogens with zero attached hydrogens (tertiary/aromatic N) is 5. The minimum Gasteiger partial charge on any atom is -0.379 e. The lowest BCUT2D eigenvalue weighted by Crippen LogP contribution is -2.52. The van der Waals surface area contributed by atoms with E-state index in [-0.39, 0.29) is 0 Å². The maximum Gasteiger partial charge on any atom is 0.194 e. The van der Waals surface area contributed by atoms with Crippen LogP contribution in [0.1, 0.15) is 19.8 Å². The zero-order valence-corrected chi connectivity index (χ0v) is 16.6. The van der Waals surface area contributed by atoms with Gasteiger partial charge in [0.2, 0.25) is 0 Å². The normalized spacial score (nSPS) is 19.4. The van der Waals surface area contributed by atoms with E-state index in [9.17, 15) is 0 Å². The van der Waals surface area contributed by atoms with E-state index in [0.29, 0.717) is 0 Å². The molecule has 3 heterocycles. The van der Waals surface area contributed by atoms with Crippen LogP contribution in [0.3, 0.4) is 0 Å². The minimum atomic E-state index is 0.882. The molecule has 2 fully saturated rings. The third-order valence-electron chi connectivity index (χ3n) is 5.14. The van der Waals surface area contributed by atoms with Crippen LogP contribution in [0.25, 0.3) is 0 Å². The Hall–Kier alpha value is -1.86. The van der Waals surface area contributed by atoms with Crippen molar-refractivity contribution in [1.29, 1.82) is 0 Å². The quantitative estimate of drug-likeness (QED) is 0.441. The van der Waals surface area contributed by atoms with Crippen molar-refractivity contribution in [2.24, 2.45) is 4.99 Å². The molecule has 0 unspecified atom stereocenters. The number of rotatable bonds is 7. The zero-order valence-electron chi connectivity index (χ0n) is 16.6. The summed E-state index contributed by atoms with van der Waals surface area (Å²) in [5, 5.41) is 3.46. The second kappa shape index (κ2) is 11.1. The molecule has 2 aliphatic rings. The second-order valence-electron chi connectivity index (χ2n) is 7.06. The standard InChI is InChI=1S/C20H34N6O/c1-2-21-20(23-9-5-6-10-24-15-17-27-18-16-24)26-13-11-25(12-14-26)19-7-3-4-8-22-19/h3-4,7-8H,2,5-6,9-18H2,1H3,(H,21,23). The Morgan fingerprint density at radius 1 is 1.11 bits per heavy atom. The van der Waals surface area contributed by atoms with Gasteiger partial charge in [0.25, 0.3) is 0 Å². The number of ether oxygens (including phenoxy) is 1. The molecular weight excluding hydrogens is 340 g/mol. The highest BCUT2D eigenvalue weighted by Crippen LogP contribution is 2.12. The lowest BCUT2D eigenvalue weighted by molar-refractivity contribution is 0.0373. The van der Waals surface area contributed by atoms with Gasteiger partial charge in [-0.05, 0) is 38.4 Å². The predicted octanol–water partition coefficient (Wildman–Crippen LogP) is 1.28. The number of hydrogen-bond acceptors (Lipinski definition) is 5. The van der Waals surface area contributed by atoms with Crippen molar-refractivity contribution in [2.45, 2.75) is 19.8 Å². The molecule has 7 nitrogen and oxygen atoms in total. The van der Waals surface area contributed by atoms with Gasteiger partial charge in [-0.3, -0.25) is 9.89 Å². The van der Waals surface area contributed by atoms with E-state index in [0.717, 1.165) is 90.3 Å². The summed E-state index contributed by atoms with van der Waals surface area (Å²) in [4.78, 5) is 16.6. The van der Waals surface area contributed by atoms with Gasteiger partial charge in [-0.1, -0.05) is 6.07 Å². The van der Waals surface area contributed by atoms with Crippen molar-refractivity contribution in [3.63, 3.8) is 0 Å². The number of aromatic nitrogens is 1. The van der Waals surface area contributed by atoms with E-state index in [1.54, 1.807) is 0 Å². The summed E-state index contributed by atoms with van der Waals surface area (Å²) in [6, 6.07) is 6.11. The van der Waals surface area contributed by atoms with Crippen LogP contribution in [0.5, 0.6) is 0 Å². The summed E-state index contributed by atoms with van der Waals surface area (Å²) in [7, 11) is 0. The molecule has 0 saturated carbocycles. The fraction of sp³-hybridized carbons (Fsp3) is 0.700. The SMILES string of the molecule is CCNC(=NCCCCN1CCOCC1)N1CCN(c2ccccn2)CC1. The average molecular weight is 375 g/mol. The molecule has 1 aromatic heterocycles. The topological polar surface area (TPSA) is 56.2 Å². The van der Waals surface area contributed by atoms with Crippen LogP contribution < -0.4 is 10.2 Å². The molecule has 0 bridgehead atoms. The first-order valence-electron chi connectivity index (χ1n) is 10.4. The van der Waals surface area contributed by atoms with Crippen molar-refractivity contribution in [3.8, 4) is 0 Å². The number of pyridine rings is 1. The molecule has 3 rings (SSSR count). The van der Waals surface area contributed by atoms with Gasteiger partial charge in [-0.15, -0.1) is 0 Å². The van der Waals surface area contributed by atoms with Gasteiger partial charge in [0, 0.05) is 58.6 Å². The largest absolute Gasteiger partial charge is 0.379 e. The van der Waals surface area contributed by atoms with Gasteiger partial charge in [0.15, 0.2) is 5.96 Å². The number of unbranched alkanes of at least 4 members (excludes halogenated alkanes) is 1. The summed E-state index contributed by atoms with van der Waals surface area (Å²) in [6.07, 6.45) is 4.21. The maximum atomic E-state index is 5.40. The van der Waals surface area contributed by atoms with Crippen molar-refractivity contribution >= 4 is 11.8 Å². The second-order valence-corrected chi connectivity index (χ2v) is 7.06. The van der Waals surface area contributed by atoms with E-state index in [2.05, 4.69) is 44.1 Å². The Morgan fingerprint density at radius 2 is 1.93 bits per heavy atom. The van der Waals surface area contributed by atoms with Crippen LogP contribution in [0.2, 0.25) is 0 Å². The summed E-state index contributed by atoms with van der Waals surface area (Å²) in [6.45, 7) is 13.0. The van der Waals surface area contributed by atoms with Gasteiger partial charge in [0.05, 0.1) is 13.2 Å². The molecule has 0 amide bonds. The van der Waals surface area contributed by atoms with Gasteiger partial charge in [0.1, 0.15) is 5.82 Å². The highest BCUT2D eigenvalue weighted by molar-refractivity contribution is 5.80. The van der Waals surface area contributed by atoms with Crippen LogP contribution in [0, 0.1) is 0 Å². The molecule has 0 radical (unpaired) electrons. The highest BCUT2D eigenvalue weighted by Gasteiger charge is 2.20. The van der Waals surface area contributed by atoms with E-state index >= 15 is 0 Å². The summed E-state index contributed by atoms with van der Waals surface area (Å²) in [5.74, 6) is 2.13. The van der Waals surface area contributed by atoms with E-state index in [4.69, 9.17) is 9.73 Å². The van der Waals surface area contributed by atoms with Gasteiger partial charge < -0.3 is 19.9 Å². The highest BCUT2D eigenvalue weighted by atomic mass is 16.5. The smallest absolute Gasteiger partial charge is 0.194 e. The maximum absolute atomic E-state index is 5.40. The first-order chi connectivity index (χ1) is 13.4. The lowest BCUT2D eigenvalue weighted by atomic mass is 10.3. The van der Waals surface area contributed by atoms with Crippen LogP contribution in [-0.2, 0) is 4.74 Å². The fourth-order valence-corrected chi connectivity index (χ4v) is 3.57. The van der Waals surface area contributed by atoms with Gasteiger partial charge in [-0.25, -0.2) is 4.98 Å². The minimum absolute atomic E-state index is 0.882. The predicted molar refractivity (Wildman–Crippen MR) is 110 cm³/mol.